The van der Waals surface area contributed by atoms with Gasteiger partial charge in [0, 0.05) is 43.6 Å². The van der Waals surface area contributed by atoms with Crippen LogP contribution in [0.4, 0.5) is 0 Å². The van der Waals surface area contributed by atoms with Crippen LogP contribution in [0.1, 0.15) is 0 Å². The normalized spacial score (nSPS) is 12.1. The van der Waals surface area contributed by atoms with Crippen molar-refractivity contribution in [2.24, 2.45) is 0 Å². The zero-order chi connectivity index (χ0) is 37.9. The molecule has 0 fully saturated rings. The number of hydrogen-bond acceptors (Lipinski definition) is 2. The van der Waals surface area contributed by atoms with Gasteiger partial charge in [-0.05, 0) is 92.7 Å². The first-order valence-electron chi connectivity index (χ1n) is 19.8. The molecule has 0 spiro atoms. The first-order valence-corrected chi connectivity index (χ1v) is 19.8. The molecule has 0 amide bonds. The minimum Gasteiger partial charge on any atom is -0.309 e. The summed E-state index contributed by atoms with van der Waals surface area (Å²) in [7, 11) is 0. The van der Waals surface area contributed by atoms with Crippen LogP contribution in [0.15, 0.2) is 194 Å². The van der Waals surface area contributed by atoms with Crippen LogP contribution in [-0.4, -0.2) is 19.1 Å². The molecule has 0 saturated heterocycles. The van der Waals surface area contributed by atoms with E-state index in [0.717, 1.165) is 39.0 Å². The van der Waals surface area contributed by atoms with Crippen molar-refractivity contribution in [3.8, 4) is 34.0 Å². The highest BCUT2D eigenvalue weighted by Crippen LogP contribution is 2.49. The standard InChI is InChI=1S/C54H32N4/c1-3-15-34(16-4-1)53-55-44-23-11-9-21-40(44)54(56-53)58-47-25-13-22-41-49-37-19-8-7-14-33(37)26-28-42(49)50-38(29-31-48(58)52(50)51(41)47)35-27-30-46-43(32-35)39-20-10-12-24-45(39)57(46)36-17-5-2-6-18-36/h1-32H. The summed E-state index contributed by atoms with van der Waals surface area (Å²) in [5.41, 5.74) is 10.1. The van der Waals surface area contributed by atoms with Crippen LogP contribution >= 0.6 is 0 Å². The number of para-hydroxylation sites is 3. The topological polar surface area (TPSA) is 35.6 Å². The maximum absolute atomic E-state index is 5.41. The molecule has 0 unspecified atom stereocenters. The van der Waals surface area contributed by atoms with Crippen molar-refractivity contribution in [1.82, 2.24) is 19.1 Å². The van der Waals surface area contributed by atoms with Crippen molar-refractivity contribution in [2.45, 2.75) is 0 Å². The third-order valence-electron chi connectivity index (χ3n) is 12.3. The molecule has 3 aromatic heterocycles. The largest absolute Gasteiger partial charge is 0.309 e. The lowest BCUT2D eigenvalue weighted by Crippen LogP contribution is -2.02. The molecule has 0 aliphatic carbocycles. The summed E-state index contributed by atoms with van der Waals surface area (Å²) in [4.78, 5) is 10.5. The number of rotatable bonds is 4. The summed E-state index contributed by atoms with van der Waals surface area (Å²) >= 11 is 0. The van der Waals surface area contributed by atoms with Gasteiger partial charge in [-0.3, -0.25) is 4.57 Å². The molecule has 0 saturated carbocycles. The maximum atomic E-state index is 5.41. The lowest BCUT2D eigenvalue weighted by Gasteiger charge is -2.15. The molecule has 13 aromatic rings. The van der Waals surface area contributed by atoms with Gasteiger partial charge in [0.15, 0.2) is 5.82 Å². The molecular weight excluding hydrogens is 705 g/mol. The molecule has 13 rings (SSSR count). The highest BCUT2D eigenvalue weighted by molar-refractivity contribution is 6.40. The Balaban J connectivity index is 1.18. The van der Waals surface area contributed by atoms with Gasteiger partial charge in [-0.25, -0.2) is 9.97 Å². The Morgan fingerprint density at radius 1 is 0.328 bits per heavy atom. The van der Waals surface area contributed by atoms with Gasteiger partial charge in [0.05, 0.1) is 27.6 Å². The third kappa shape index (κ3) is 4.29. The van der Waals surface area contributed by atoms with Gasteiger partial charge in [0.25, 0.3) is 0 Å². The minimum atomic E-state index is 0.712. The number of hydrogen-bond donors (Lipinski definition) is 0. The van der Waals surface area contributed by atoms with E-state index in [4.69, 9.17) is 9.97 Å². The van der Waals surface area contributed by atoms with Crippen molar-refractivity contribution in [2.75, 3.05) is 0 Å². The van der Waals surface area contributed by atoms with E-state index in [-0.39, 0.29) is 0 Å². The van der Waals surface area contributed by atoms with Crippen molar-refractivity contribution in [3.05, 3.63) is 194 Å². The zero-order valence-electron chi connectivity index (χ0n) is 31.3. The summed E-state index contributed by atoms with van der Waals surface area (Å²) in [5, 5.41) is 13.5. The Kier molecular flexibility index (Phi) is 6.41. The van der Waals surface area contributed by atoms with Crippen LogP contribution in [0.5, 0.6) is 0 Å². The fourth-order valence-electron chi connectivity index (χ4n) is 9.82. The van der Waals surface area contributed by atoms with Crippen LogP contribution in [0.25, 0.3) is 121 Å². The van der Waals surface area contributed by atoms with Gasteiger partial charge in [-0.2, -0.15) is 0 Å². The Hall–Kier alpha value is -7.82. The minimum absolute atomic E-state index is 0.712. The molecule has 10 aromatic carbocycles. The summed E-state index contributed by atoms with van der Waals surface area (Å²) in [6.07, 6.45) is 0. The molecule has 3 heterocycles. The molecule has 0 bridgehead atoms. The van der Waals surface area contributed by atoms with Crippen LogP contribution in [0, 0.1) is 0 Å². The Labute approximate surface area is 332 Å². The molecule has 0 aliphatic heterocycles. The molecule has 0 aliphatic rings. The fourth-order valence-corrected chi connectivity index (χ4v) is 9.82. The van der Waals surface area contributed by atoms with E-state index in [1.807, 2.05) is 6.07 Å². The number of benzene rings is 10. The van der Waals surface area contributed by atoms with E-state index >= 15 is 0 Å². The monoisotopic (exact) mass is 736 g/mol. The summed E-state index contributed by atoms with van der Waals surface area (Å²) < 4.78 is 4.78. The van der Waals surface area contributed by atoms with Crippen molar-refractivity contribution >= 4 is 86.8 Å². The van der Waals surface area contributed by atoms with Crippen molar-refractivity contribution < 1.29 is 0 Å². The van der Waals surface area contributed by atoms with Crippen LogP contribution < -0.4 is 0 Å². The maximum Gasteiger partial charge on any atom is 0.162 e. The van der Waals surface area contributed by atoms with Gasteiger partial charge in [0.2, 0.25) is 0 Å². The molecule has 268 valence electrons. The number of aromatic nitrogens is 4. The second-order valence-electron chi connectivity index (χ2n) is 15.3. The average molecular weight is 737 g/mol. The molecule has 0 radical (unpaired) electrons. The van der Waals surface area contributed by atoms with E-state index in [9.17, 15) is 0 Å². The summed E-state index contributed by atoms with van der Waals surface area (Å²) in [6, 6.07) is 70.1. The van der Waals surface area contributed by atoms with Gasteiger partial charge >= 0.3 is 0 Å². The SMILES string of the molecule is c1ccc(-c2nc(-n3c4cccc5c6c7ccccc7ccc6c6c(-c7ccc8c(c7)c7ccccc7n8-c7ccccc7)ccc3c6c54)c3ccccc3n2)cc1. The van der Waals surface area contributed by atoms with E-state index in [1.165, 1.54) is 76.0 Å². The second-order valence-corrected chi connectivity index (χ2v) is 15.3. The van der Waals surface area contributed by atoms with Crippen LogP contribution in [-0.2, 0) is 0 Å². The fraction of sp³-hybridized carbons (Fsp3) is 0. The molecule has 0 N–H and O–H groups in total. The molecule has 58 heavy (non-hydrogen) atoms. The number of nitrogens with zero attached hydrogens (tertiary/aromatic N) is 4. The van der Waals surface area contributed by atoms with Crippen LogP contribution in [0.2, 0.25) is 0 Å². The zero-order valence-corrected chi connectivity index (χ0v) is 31.3. The lowest BCUT2D eigenvalue weighted by molar-refractivity contribution is 1.08. The van der Waals surface area contributed by atoms with Crippen molar-refractivity contribution in [1.29, 1.82) is 0 Å². The summed E-state index contributed by atoms with van der Waals surface area (Å²) in [5.74, 6) is 1.59. The Morgan fingerprint density at radius 3 is 1.86 bits per heavy atom. The van der Waals surface area contributed by atoms with Gasteiger partial charge in [-0.1, -0.05) is 140 Å². The van der Waals surface area contributed by atoms with Gasteiger partial charge in [0.1, 0.15) is 5.82 Å². The third-order valence-corrected chi connectivity index (χ3v) is 12.3. The molecule has 4 nitrogen and oxygen atoms in total. The van der Waals surface area contributed by atoms with Crippen molar-refractivity contribution in [3.63, 3.8) is 0 Å². The average Bonchev–Trinajstić information content (AvgIpc) is 3.81. The van der Waals surface area contributed by atoms with E-state index in [1.54, 1.807) is 0 Å². The quantitative estimate of drug-likeness (QED) is 0.169. The van der Waals surface area contributed by atoms with E-state index in [0.29, 0.717) is 5.82 Å². The molecular formula is C54H32N4. The second kappa shape index (κ2) is 11.8. The highest BCUT2D eigenvalue weighted by Gasteiger charge is 2.25. The Morgan fingerprint density at radius 2 is 0.983 bits per heavy atom. The van der Waals surface area contributed by atoms with Gasteiger partial charge in [-0.15, -0.1) is 0 Å². The summed E-state index contributed by atoms with van der Waals surface area (Å²) in [6.45, 7) is 0. The Bertz CT molecular complexity index is 3780. The van der Waals surface area contributed by atoms with Crippen LogP contribution in [0.3, 0.4) is 0 Å². The van der Waals surface area contributed by atoms with Gasteiger partial charge < -0.3 is 4.57 Å². The van der Waals surface area contributed by atoms with E-state index in [2.05, 4.69) is 197 Å². The predicted molar refractivity (Wildman–Crippen MR) is 243 cm³/mol. The molecule has 4 heteroatoms. The smallest absolute Gasteiger partial charge is 0.162 e. The predicted octanol–water partition coefficient (Wildman–Crippen LogP) is 14.1. The number of fused-ring (bicyclic) bond motifs is 9. The lowest BCUT2D eigenvalue weighted by atomic mass is 9.87. The first-order chi connectivity index (χ1) is 28.8. The highest BCUT2D eigenvalue weighted by atomic mass is 15.1. The van der Waals surface area contributed by atoms with E-state index < -0.39 is 0 Å². The first kappa shape index (κ1) is 31.4. The molecule has 0 atom stereocenters.